The molecule has 3 amide bonds. The van der Waals surface area contributed by atoms with Gasteiger partial charge in [0.1, 0.15) is 0 Å². The molecule has 7 heteroatoms. The molecule has 0 aromatic carbocycles. The summed E-state index contributed by atoms with van der Waals surface area (Å²) in [6.07, 6.45) is 5.22. The Hall–Kier alpha value is -1.34. The minimum atomic E-state index is -0.275. The number of urea groups is 1. The average molecular weight is 325 g/mol. The lowest BCUT2D eigenvalue weighted by Gasteiger charge is -2.37. The highest BCUT2D eigenvalue weighted by Gasteiger charge is 2.36. The number of hydrogen-bond donors (Lipinski definition) is 1. The predicted molar refractivity (Wildman–Crippen MR) is 83.9 cm³/mol. The summed E-state index contributed by atoms with van der Waals surface area (Å²) < 4.78 is 11.2. The minimum Gasteiger partial charge on any atom is -0.348 e. The first kappa shape index (κ1) is 16.5. The molecule has 130 valence electrons. The van der Waals surface area contributed by atoms with E-state index in [1.165, 1.54) is 0 Å². The zero-order valence-corrected chi connectivity index (χ0v) is 13.7. The van der Waals surface area contributed by atoms with E-state index in [0.29, 0.717) is 26.2 Å². The van der Waals surface area contributed by atoms with Gasteiger partial charge in [-0.2, -0.15) is 0 Å². The van der Waals surface area contributed by atoms with Gasteiger partial charge in [-0.3, -0.25) is 4.79 Å². The van der Waals surface area contributed by atoms with Crippen LogP contribution in [0.1, 0.15) is 38.5 Å². The molecule has 3 fully saturated rings. The molecular weight excluding hydrogens is 298 g/mol. The Morgan fingerprint density at radius 3 is 2.74 bits per heavy atom. The number of nitrogens with zero attached hydrogens (tertiary/aromatic N) is 2. The van der Waals surface area contributed by atoms with E-state index in [1.54, 1.807) is 0 Å². The molecule has 3 rings (SSSR count). The molecule has 1 N–H and O–H groups in total. The smallest absolute Gasteiger partial charge is 0.317 e. The number of rotatable bonds is 5. The van der Waals surface area contributed by atoms with Gasteiger partial charge in [-0.15, -0.1) is 0 Å². The lowest BCUT2D eigenvalue weighted by Crippen LogP contribution is -2.53. The summed E-state index contributed by atoms with van der Waals surface area (Å²) in [6, 6.07) is -0.0204. The first-order valence-corrected chi connectivity index (χ1v) is 8.81. The Kier molecular flexibility index (Phi) is 5.72. The number of piperidine rings is 1. The zero-order chi connectivity index (χ0) is 16.1. The van der Waals surface area contributed by atoms with Crippen LogP contribution in [-0.2, 0) is 14.3 Å². The Morgan fingerprint density at radius 1 is 1.17 bits per heavy atom. The first-order chi connectivity index (χ1) is 11.3. The molecule has 1 atom stereocenters. The van der Waals surface area contributed by atoms with Gasteiger partial charge in [0, 0.05) is 32.6 Å². The molecule has 0 bridgehead atoms. The summed E-state index contributed by atoms with van der Waals surface area (Å²) in [5.41, 5.74) is 0. The SMILES string of the molecule is O=C1CCCN1CCCNC(=O)N1CCCCC1C1OCCO1. The lowest BCUT2D eigenvalue weighted by atomic mass is 10.0. The highest BCUT2D eigenvalue weighted by molar-refractivity contribution is 5.78. The fraction of sp³-hybridized carbons (Fsp3) is 0.875. The minimum absolute atomic E-state index is 0.0198. The van der Waals surface area contributed by atoms with Crippen LogP contribution in [0, 0.1) is 0 Å². The fourth-order valence-corrected chi connectivity index (χ4v) is 3.60. The molecule has 23 heavy (non-hydrogen) atoms. The maximum atomic E-state index is 12.4. The second kappa shape index (κ2) is 7.97. The van der Waals surface area contributed by atoms with Crippen LogP contribution in [0.3, 0.4) is 0 Å². The van der Waals surface area contributed by atoms with Gasteiger partial charge in [0.15, 0.2) is 6.29 Å². The third-order valence-corrected chi connectivity index (χ3v) is 4.82. The number of carbonyl (C=O) groups is 2. The van der Waals surface area contributed by atoms with Crippen molar-refractivity contribution in [3.8, 4) is 0 Å². The van der Waals surface area contributed by atoms with E-state index >= 15 is 0 Å². The van der Waals surface area contributed by atoms with E-state index in [1.807, 2.05) is 9.80 Å². The summed E-state index contributed by atoms with van der Waals surface area (Å²) >= 11 is 0. The maximum Gasteiger partial charge on any atom is 0.317 e. The van der Waals surface area contributed by atoms with Crippen LogP contribution in [0.2, 0.25) is 0 Å². The van der Waals surface area contributed by atoms with E-state index in [0.717, 1.165) is 51.7 Å². The molecule has 0 radical (unpaired) electrons. The molecule has 0 aliphatic carbocycles. The zero-order valence-electron chi connectivity index (χ0n) is 13.7. The molecule has 3 heterocycles. The molecule has 0 saturated carbocycles. The van der Waals surface area contributed by atoms with E-state index < -0.39 is 0 Å². The first-order valence-electron chi connectivity index (χ1n) is 8.81. The van der Waals surface area contributed by atoms with Gasteiger partial charge >= 0.3 is 6.03 Å². The second-order valence-corrected chi connectivity index (χ2v) is 6.44. The van der Waals surface area contributed by atoms with E-state index in [-0.39, 0.29) is 24.3 Å². The van der Waals surface area contributed by atoms with Gasteiger partial charge in [0.25, 0.3) is 0 Å². The van der Waals surface area contributed by atoms with E-state index in [9.17, 15) is 9.59 Å². The predicted octanol–water partition coefficient (Wildman–Crippen LogP) is 0.936. The molecule has 0 spiro atoms. The summed E-state index contributed by atoms with van der Waals surface area (Å²) in [5, 5.41) is 2.98. The Labute approximate surface area is 137 Å². The lowest BCUT2D eigenvalue weighted by molar-refractivity contribution is -0.127. The molecule has 3 aliphatic rings. The van der Waals surface area contributed by atoms with Crippen LogP contribution in [0.25, 0.3) is 0 Å². The largest absolute Gasteiger partial charge is 0.348 e. The van der Waals surface area contributed by atoms with Crippen molar-refractivity contribution in [2.45, 2.75) is 50.9 Å². The van der Waals surface area contributed by atoms with Crippen molar-refractivity contribution in [1.29, 1.82) is 0 Å². The van der Waals surface area contributed by atoms with Crippen LogP contribution in [-0.4, -0.2) is 73.5 Å². The Balaban J connectivity index is 1.41. The van der Waals surface area contributed by atoms with Gasteiger partial charge in [0.05, 0.1) is 19.3 Å². The van der Waals surface area contributed by atoms with Gasteiger partial charge in [-0.25, -0.2) is 4.79 Å². The molecule has 0 aromatic rings. The number of likely N-dealkylation sites (tertiary alicyclic amines) is 2. The van der Waals surface area contributed by atoms with Crippen LogP contribution < -0.4 is 5.32 Å². The molecule has 0 aromatic heterocycles. The molecule has 3 aliphatic heterocycles. The summed E-state index contributed by atoms with van der Waals surface area (Å²) in [6.45, 7) is 4.16. The summed E-state index contributed by atoms with van der Waals surface area (Å²) in [7, 11) is 0. The monoisotopic (exact) mass is 325 g/mol. The number of carbonyl (C=O) groups excluding carboxylic acids is 2. The Morgan fingerprint density at radius 2 is 2.00 bits per heavy atom. The molecule has 3 saturated heterocycles. The summed E-state index contributed by atoms with van der Waals surface area (Å²) in [5.74, 6) is 0.239. The maximum absolute atomic E-state index is 12.4. The summed E-state index contributed by atoms with van der Waals surface area (Å²) in [4.78, 5) is 27.7. The van der Waals surface area contributed by atoms with Crippen molar-refractivity contribution in [2.75, 3.05) is 39.4 Å². The quantitative estimate of drug-likeness (QED) is 0.764. The third-order valence-electron chi connectivity index (χ3n) is 4.82. The van der Waals surface area contributed by atoms with Crippen LogP contribution >= 0.6 is 0 Å². The number of nitrogens with one attached hydrogen (secondary N) is 1. The Bertz CT molecular complexity index is 426. The van der Waals surface area contributed by atoms with Crippen LogP contribution in [0.4, 0.5) is 4.79 Å². The number of ether oxygens (including phenoxy) is 2. The normalized spacial score (nSPS) is 26.1. The van der Waals surface area contributed by atoms with Gasteiger partial charge in [-0.1, -0.05) is 0 Å². The van der Waals surface area contributed by atoms with Crippen molar-refractivity contribution in [1.82, 2.24) is 15.1 Å². The number of amides is 3. The average Bonchev–Trinajstić information content (AvgIpc) is 3.23. The van der Waals surface area contributed by atoms with Crippen molar-refractivity contribution in [3.05, 3.63) is 0 Å². The highest BCUT2D eigenvalue weighted by Crippen LogP contribution is 2.24. The van der Waals surface area contributed by atoms with E-state index in [4.69, 9.17) is 9.47 Å². The van der Waals surface area contributed by atoms with Crippen molar-refractivity contribution >= 4 is 11.9 Å². The van der Waals surface area contributed by atoms with Crippen LogP contribution in [0.15, 0.2) is 0 Å². The molecule has 7 nitrogen and oxygen atoms in total. The molecule has 1 unspecified atom stereocenters. The van der Waals surface area contributed by atoms with Gasteiger partial charge in [-0.05, 0) is 32.1 Å². The van der Waals surface area contributed by atoms with Crippen molar-refractivity contribution in [2.24, 2.45) is 0 Å². The van der Waals surface area contributed by atoms with Gasteiger partial charge < -0.3 is 24.6 Å². The van der Waals surface area contributed by atoms with Gasteiger partial charge in [0.2, 0.25) is 5.91 Å². The van der Waals surface area contributed by atoms with Crippen molar-refractivity contribution in [3.63, 3.8) is 0 Å². The van der Waals surface area contributed by atoms with Crippen LogP contribution in [0.5, 0.6) is 0 Å². The second-order valence-electron chi connectivity index (χ2n) is 6.44. The topological polar surface area (TPSA) is 71.1 Å². The highest BCUT2D eigenvalue weighted by atomic mass is 16.7. The number of hydrogen-bond acceptors (Lipinski definition) is 4. The van der Waals surface area contributed by atoms with E-state index in [2.05, 4.69) is 5.32 Å². The third kappa shape index (κ3) is 4.14. The fourth-order valence-electron chi connectivity index (χ4n) is 3.60. The standard InChI is InChI=1S/C16H27N3O4/c20-14-6-3-8-18(14)9-4-7-17-16(21)19-10-2-1-5-13(19)15-22-11-12-23-15/h13,15H,1-12H2,(H,17,21). The molecular formula is C16H27N3O4. The van der Waals surface area contributed by atoms with Crippen molar-refractivity contribution < 1.29 is 19.1 Å².